The highest BCUT2D eigenvalue weighted by Crippen LogP contribution is 2.29. The van der Waals surface area contributed by atoms with Crippen LogP contribution in [0.25, 0.3) is 0 Å². The van der Waals surface area contributed by atoms with Crippen LogP contribution in [0.5, 0.6) is 0 Å². The maximum absolute atomic E-state index is 11.9. The van der Waals surface area contributed by atoms with Crippen molar-refractivity contribution in [2.75, 3.05) is 0 Å². The molecular weight excluding hydrogens is 173 g/mol. The molecule has 0 nitrogen and oxygen atoms in total. The Morgan fingerprint density at radius 2 is 1.45 bits per heavy atom. The molecule has 0 aromatic heterocycles. The molecule has 1 aromatic carbocycles. The van der Waals surface area contributed by atoms with E-state index in [1.165, 1.54) is 12.1 Å². The van der Waals surface area contributed by atoms with Crippen molar-refractivity contribution in [3.63, 3.8) is 0 Å². The van der Waals surface area contributed by atoms with Gasteiger partial charge in [-0.05, 0) is 24.3 Å². The summed E-state index contributed by atoms with van der Waals surface area (Å²) in [4.78, 5) is 0.415. The smallest absolute Gasteiger partial charge is 0.166 e. The van der Waals surface area contributed by atoms with Crippen molar-refractivity contribution in [1.82, 2.24) is 0 Å². The third kappa shape index (κ3) is 2.08. The van der Waals surface area contributed by atoms with Gasteiger partial charge in [0.15, 0.2) is 0 Å². The van der Waals surface area contributed by atoms with Gasteiger partial charge in [0.25, 0.3) is 0 Å². The van der Waals surface area contributed by atoms with Crippen molar-refractivity contribution in [2.45, 2.75) is 11.1 Å². The number of rotatable bonds is 0. The molecular formula is C7H4F3S. The van der Waals surface area contributed by atoms with E-state index >= 15 is 0 Å². The lowest BCUT2D eigenvalue weighted by Crippen LogP contribution is -2.03. The molecule has 0 heterocycles. The minimum absolute atomic E-state index is 0.415. The van der Waals surface area contributed by atoms with Gasteiger partial charge in [-0.1, -0.05) is 12.6 Å². The topological polar surface area (TPSA) is 0 Å². The Hall–Kier alpha value is -0.770. The first-order valence-electron chi connectivity index (χ1n) is 2.84. The summed E-state index contributed by atoms with van der Waals surface area (Å²) in [5, 5.41) is 0. The maximum Gasteiger partial charge on any atom is 0.416 e. The molecule has 0 saturated heterocycles. The normalized spacial score (nSPS) is 11.5. The predicted octanol–water partition coefficient (Wildman–Crippen LogP) is 3.26. The molecule has 0 saturated carbocycles. The molecule has 0 aliphatic rings. The van der Waals surface area contributed by atoms with E-state index in [4.69, 9.17) is 0 Å². The van der Waals surface area contributed by atoms with Gasteiger partial charge in [-0.15, -0.1) is 0 Å². The molecule has 0 spiro atoms. The van der Waals surface area contributed by atoms with Crippen molar-refractivity contribution in [3.8, 4) is 0 Å². The van der Waals surface area contributed by atoms with Crippen LogP contribution in [-0.2, 0) is 6.18 Å². The average molecular weight is 177 g/mol. The van der Waals surface area contributed by atoms with E-state index < -0.39 is 11.7 Å². The van der Waals surface area contributed by atoms with Gasteiger partial charge in [-0.25, -0.2) is 0 Å². The van der Waals surface area contributed by atoms with Crippen molar-refractivity contribution < 1.29 is 13.2 Å². The summed E-state index contributed by atoms with van der Waals surface area (Å²) in [5.41, 5.74) is -0.661. The van der Waals surface area contributed by atoms with Crippen LogP contribution in [0, 0.1) is 0 Å². The van der Waals surface area contributed by atoms with Gasteiger partial charge in [-0.3, -0.25) is 0 Å². The highest BCUT2D eigenvalue weighted by Gasteiger charge is 2.29. The zero-order valence-electron chi connectivity index (χ0n) is 5.35. The molecule has 0 aliphatic carbocycles. The number of benzene rings is 1. The zero-order chi connectivity index (χ0) is 8.48. The molecule has 0 fully saturated rings. The van der Waals surface area contributed by atoms with Crippen molar-refractivity contribution in [2.24, 2.45) is 0 Å². The summed E-state index contributed by atoms with van der Waals surface area (Å²) in [6.45, 7) is 0. The molecule has 4 heteroatoms. The molecule has 0 amide bonds. The fraction of sp³-hybridized carbons (Fsp3) is 0.143. The van der Waals surface area contributed by atoms with Crippen LogP contribution in [0.3, 0.4) is 0 Å². The van der Waals surface area contributed by atoms with Gasteiger partial charge in [0.2, 0.25) is 0 Å². The van der Waals surface area contributed by atoms with Crippen LogP contribution in [0.1, 0.15) is 5.56 Å². The highest BCUT2D eigenvalue weighted by atomic mass is 32.1. The molecule has 1 radical (unpaired) electrons. The summed E-state index contributed by atoms with van der Waals surface area (Å²) in [5.74, 6) is 0. The SMILES string of the molecule is FC(F)(F)c1ccc([S])cc1. The Morgan fingerprint density at radius 3 is 1.82 bits per heavy atom. The number of hydrogen-bond donors (Lipinski definition) is 0. The van der Waals surface area contributed by atoms with Crippen LogP contribution in [0.15, 0.2) is 29.2 Å². The van der Waals surface area contributed by atoms with E-state index in [1.807, 2.05) is 0 Å². The lowest BCUT2D eigenvalue weighted by molar-refractivity contribution is -0.137. The second-order valence-electron chi connectivity index (χ2n) is 2.02. The van der Waals surface area contributed by atoms with Gasteiger partial charge in [-0.2, -0.15) is 13.2 Å². The van der Waals surface area contributed by atoms with Crippen LogP contribution in [0.2, 0.25) is 0 Å². The molecule has 0 atom stereocenters. The first kappa shape index (κ1) is 8.33. The molecule has 1 aromatic rings. The fourth-order valence-corrected chi connectivity index (χ4v) is 0.780. The first-order chi connectivity index (χ1) is 5.00. The van der Waals surface area contributed by atoms with Crippen molar-refractivity contribution in [3.05, 3.63) is 29.8 Å². The van der Waals surface area contributed by atoms with E-state index in [-0.39, 0.29) is 0 Å². The summed E-state index contributed by atoms with van der Waals surface area (Å²) >= 11 is 4.63. The molecule has 1 rings (SSSR count). The Kier molecular flexibility index (Phi) is 2.04. The van der Waals surface area contributed by atoms with E-state index in [9.17, 15) is 13.2 Å². The van der Waals surface area contributed by atoms with E-state index in [0.717, 1.165) is 12.1 Å². The predicted molar refractivity (Wildman–Crippen MR) is 37.3 cm³/mol. The number of alkyl halides is 3. The highest BCUT2D eigenvalue weighted by molar-refractivity contribution is 7.80. The Morgan fingerprint density at radius 1 is 1.00 bits per heavy atom. The third-order valence-corrected chi connectivity index (χ3v) is 1.45. The molecule has 0 N–H and O–H groups in total. The van der Waals surface area contributed by atoms with Crippen LogP contribution >= 0.6 is 12.6 Å². The summed E-state index contributed by atoms with van der Waals surface area (Å²) in [7, 11) is 0. The molecule has 59 valence electrons. The third-order valence-electron chi connectivity index (χ3n) is 1.18. The van der Waals surface area contributed by atoms with Gasteiger partial charge in [0.1, 0.15) is 0 Å². The zero-order valence-corrected chi connectivity index (χ0v) is 6.17. The number of hydrogen-bond acceptors (Lipinski definition) is 0. The minimum atomic E-state index is -4.26. The summed E-state index contributed by atoms with van der Waals surface area (Å²) in [6.07, 6.45) is -4.26. The number of halogens is 3. The Balaban J connectivity index is 2.99. The minimum Gasteiger partial charge on any atom is -0.166 e. The second-order valence-corrected chi connectivity index (χ2v) is 2.49. The van der Waals surface area contributed by atoms with Crippen LogP contribution in [0.4, 0.5) is 13.2 Å². The molecule has 0 unspecified atom stereocenters. The second kappa shape index (κ2) is 2.70. The maximum atomic E-state index is 11.9. The van der Waals surface area contributed by atoms with Crippen molar-refractivity contribution in [1.29, 1.82) is 0 Å². The monoisotopic (exact) mass is 177 g/mol. The van der Waals surface area contributed by atoms with Gasteiger partial charge in [0.05, 0.1) is 5.56 Å². The van der Waals surface area contributed by atoms with Gasteiger partial charge in [0, 0.05) is 4.90 Å². The molecule has 0 aliphatic heterocycles. The van der Waals surface area contributed by atoms with Crippen LogP contribution < -0.4 is 0 Å². The average Bonchev–Trinajstić information content (AvgIpc) is 1.86. The fourth-order valence-electron chi connectivity index (χ4n) is 0.644. The first-order valence-corrected chi connectivity index (χ1v) is 3.25. The standard InChI is InChI=1S/C7H4F3S/c8-7(9,10)5-1-3-6(11)4-2-5/h1-4H. The van der Waals surface area contributed by atoms with E-state index in [2.05, 4.69) is 12.6 Å². The van der Waals surface area contributed by atoms with Gasteiger partial charge < -0.3 is 0 Å². The largest absolute Gasteiger partial charge is 0.416 e. The van der Waals surface area contributed by atoms with Crippen molar-refractivity contribution >= 4 is 12.6 Å². The van der Waals surface area contributed by atoms with E-state index in [0.29, 0.717) is 4.90 Å². The van der Waals surface area contributed by atoms with Crippen LogP contribution in [-0.4, -0.2) is 0 Å². The Bertz CT molecular complexity index is 237. The quantitative estimate of drug-likeness (QED) is 0.570. The van der Waals surface area contributed by atoms with E-state index in [1.54, 1.807) is 0 Å². The molecule has 0 bridgehead atoms. The van der Waals surface area contributed by atoms with Gasteiger partial charge >= 0.3 is 6.18 Å². The Labute approximate surface area is 67.4 Å². The lowest BCUT2D eigenvalue weighted by Gasteiger charge is -2.04. The summed E-state index contributed by atoms with van der Waals surface area (Å²) in [6, 6.07) is 4.47. The summed E-state index contributed by atoms with van der Waals surface area (Å²) < 4.78 is 35.7. The molecule has 11 heavy (non-hydrogen) atoms. The lowest BCUT2D eigenvalue weighted by atomic mass is 10.2.